The van der Waals surface area contributed by atoms with Crippen molar-refractivity contribution in [1.82, 2.24) is 9.78 Å². The number of nitrogens with zero attached hydrogens (tertiary/aromatic N) is 2. The highest BCUT2D eigenvalue weighted by Crippen LogP contribution is 2.03. The Hall–Kier alpha value is -0.830. The van der Waals surface area contributed by atoms with Crippen molar-refractivity contribution in [1.29, 1.82) is 0 Å². The lowest BCUT2D eigenvalue weighted by Crippen LogP contribution is -2.16. The third-order valence-electron chi connectivity index (χ3n) is 1.96. The molecule has 0 aliphatic rings. The van der Waals surface area contributed by atoms with Crippen molar-refractivity contribution >= 4 is 0 Å². The van der Waals surface area contributed by atoms with Crippen LogP contribution in [0.1, 0.15) is 26.0 Å². The van der Waals surface area contributed by atoms with Gasteiger partial charge in [0.2, 0.25) is 0 Å². The zero-order chi connectivity index (χ0) is 8.97. The second kappa shape index (κ2) is 4.26. The van der Waals surface area contributed by atoms with Gasteiger partial charge in [0.15, 0.2) is 0 Å². The van der Waals surface area contributed by atoms with Gasteiger partial charge in [-0.15, -0.1) is 0 Å². The molecule has 0 saturated carbocycles. The van der Waals surface area contributed by atoms with Gasteiger partial charge < -0.3 is 5.73 Å². The van der Waals surface area contributed by atoms with Crippen molar-refractivity contribution in [2.24, 2.45) is 5.73 Å². The summed E-state index contributed by atoms with van der Waals surface area (Å²) in [7, 11) is 0. The molecule has 0 fully saturated rings. The summed E-state index contributed by atoms with van der Waals surface area (Å²) in [6.07, 6.45) is 3.91. The summed E-state index contributed by atoms with van der Waals surface area (Å²) in [6.45, 7) is 5.08. The molecule has 0 aliphatic carbocycles. The third kappa shape index (κ3) is 2.34. The Morgan fingerprint density at radius 3 is 3.00 bits per heavy atom. The summed E-state index contributed by atoms with van der Waals surface area (Å²) >= 11 is 0. The molecule has 0 saturated heterocycles. The van der Waals surface area contributed by atoms with Gasteiger partial charge in [0, 0.05) is 24.5 Å². The van der Waals surface area contributed by atoms with E-state index in [0.717, 1.165) is 19.4 Å². The Balaban J connectivity index is 2.50. The Kier molecular flexibility index (Phi) is 3.29. The molecule has 0 spiro atoms. The second-order valence-corrected chi connectivity index (χ2v) is 3.15. The van der Waals surface area contributed by atoms with E-state index in [0.29, 0.717) is 0 Å². The molecule has 12 heavy (non-hydrogen) atoms. The molecule has 1 aromatic rings. The Morgan fingerprint density at radius 2 is 2.42 bits per heavy atom. The predicted octanol–water partition coefficient (Wildman–Crippen LogP) is 1.18. The van der Waals surface area contributed by atoms with Gasteiger partial charge in [-0.05, 0) is 32.8 Å². The van der Waals surface area contributed by atoms with E-state index in [1.54, 1.807) is 0 Å². The van der Waals surface area contributed by atoms with Gasteiger partial charge in [0.1, 0.15) is 0 Å². The monoisotopic (exact) mass is 167 g/mol. The van der Waals surface area contributed by atoms with Crippen LogP contribution >= 0.6 is 0 Å². The van der Waals surface area contributed by atoms with Crippen LogP contribution in [0, 0.1) is 0 Å². The van der Waals surface area contributed by atoms with E-state index in [1.807, 2.05) is 17.8 Å². The van der Waals surface area contributed by atoms with E-state index in [2.05, 4.69) is 18.1 Å². The minimum absolute atomic E-state index is 0.283. The highest BCUT2D eigenvalue weighted by Gasteiger charge is 2.01. The molecule has 0 amide bonds. The topological polar surface area (TPSA) is 43.8 Å². The average Bonchev–Trinajstić information content (AvgIpc) is 2.47. The number of rotatable bonds is 4. The maximum absolute atomic E-state index is 5.67. The van der Waals surface area contributed by atoms with Crippen LogP contribution in [-0.2, 0) is 13.0 Å². The minimum Gasteiger partial charge on any atom is -0.328 e. The fraction of sp³-hybridized carbons (Fsp3) is 0.667. The van der Waals surface area contributed by atoms with Crippen molar-refractivity contribution in [3.05, 3.63) is 18.0 Å². The molecule has 0 radical (unpaired) electrons. The van der Waals surface area contributed by atoms with E-state index in [4.69, 9.17) is 5.73 Å². The molecule has 68 valence electrons. The maximum Gasteiger partial charge on any atom is 0.0492 e. The van der Waals surface area contributed by atoms with E-state index < -0.39 is 0 Å². The van der Waals surface area contributed by atoms with Crippen LogP contribution < -0.4 is 5.73 Å². The van der Waals surface area contributed by atoms with Gasteiger partial charge in [-0.2, -0.15) is 5.10 Å². The Morgan fingerprint density at radius 1 is 1.67 bits per heavy atom. The molecule has 1 heterocycles. The lowest BCUT2D eigenvalue weighted by atomic mass is 10.1. The summed E-state index contributed by atoms with van der Waals surface area (Å²) in [5.74, 6) is 0. The van der Waals surface area contributed by atoms with Crippen molar-refractivity contribution in [2.45, 2.75) is 39.3 Å². The van der Waals surface area contributed by atoms with Crippen LogP contribution in [0.5, 0.6) is 0 Å². The first kappa shape index (κ1) is 9.26. The smallest absolute Gasteiger partial charge is 0.0492 e. The van der Waals surface area contributed by atoms with Gasteiger partial charge in [-0.3, -0.25) is 4.68 Å². The van der Waals surface area contributed by atoms with Gasteiger partial charge in [0.25, 0.3) is 0 Å². The summed E-state index contributed by atoms with van der Waals surface area (Å²) in [5.41, 5.74) is 6.96. The molecule has 0 bridgehead atoms. The lowest BCUT2D eigenvalue weighted by molar-refractivity contribution is 0.586. The molecule has 1 rings (SSSR count). The zero-order valence-electron chi connectivity index (χ0n) is 7.83. The molecule has 1 atom stereocenters. The third-order valence-corrected chi connectivity index (χ3v) is 1.96. The average molecular weight is 167 g/mol. The molecular weight excluding hydrogens is 150 g/mol. The highest BCUT2D eigenvalue weighted by atomic mass is 15.3. The van der Waals surface area contributed by atoms with E-state index >= 15 is 0 Å². The van der Waals surface area contributed by atoms with E-state index in [1.165, 1.54) is 5.69 Å². The van der Waals surface area contributed by atoms with Gasteiger partial charge >= 0.3 is 0 Å². The van der Waals surface area contributed by atoms with Gasteiger partial charge in [0.05, 0.1) is 0 Å². The first-order valence-electron chi connectivity index (χ1n) is 4.50. The molecule has 3 nitrogen and oxygen atoms in total. The minimum atomic E-state index is 0.283. The van der Waals surface area contributed by atoms with Crippen LogP contribution in [0.25, 0.3) is 0 Å². The summed E-state index contributed by atoms with van der Waals surface area (Å²) in [5, 5.41) is 4.19. The number of aromatic nitrogens is 2. The molecule has 2 N–H and O–H groups in total. The van der Waals surface area contributed by atoms with Crippen molar-refractivity contribution in [2.75, 3.05) is 0 Å². The fourth-order valence-electron chi connectivity index (χ4n) is 1.23. The predicted molar refractivity (Wildman–Crippen MR) is 49.9 cm³/mol. The molecule has 1 unspecified atom stereocenters. The Bertz CT molecular complexity index is 227. The number of nitrogens with two attached hydrogens (primary N) is 1. The Labute approximate surface area is 73.6 Å². The van der Waals surface area contributed by atoms with Gasteiger partial charge in [-0.25, -0.2) is 0 Å². The molecule has 0 aliphatic heterocycles. The van der Waals surface area contributed by atoms with Crippen molar-refractivity contribution in [3.63, 3.8) is 0 Å². The summed E-state index contributed by atoms with van der Waals surface area (Å²) < 4.78 is 2.02. The fourth-order valence-corrected chi connectivity index (χ4v) is 1.23. The van der Waals surface area contributed by atoms with Crippen LogP contribution in [0.15, 0.2) is 12.3 Å². The molecule has 1 aromatic heterocycles. The standard InChI is InChI=1S/C9H17N3/c1-3-12-9(6-7-11-12)5-4-8(2)10/h6-8H,3-5,10H2,1-2H3. The van der Waals surface area contributed by atoms with Crippen LogP contribution in [-0.4, -0.2) is 15.8 Å². The normalized spacial score (nSPS) is 13.2. The van der Waals surface area contributed by atoms with Crippen LogP contribution in [0.3, 0.4) is 0 Å². The van der Waals surface area contributed by atoms with Crippen LogP contribution in [0.4, 0.5) is 0 Å². The highest BCUT2D eigenvalue weighted by molar-refractivity contribution is 5.00. The molecule has 0 aromatic carbocycles. The van der Waals surface area contributed by atoms with Crippen LogP contribution in [0.2, 0.25) is 0 Å². The first-order valence-corrected chi connectivity index (χ1v) is 4.50. The van der Waals surface area contributed by atoms with Crippen molar-refractivity contribution in [3.8, 4) is 0 Å². The SMILES string of the molecule is CCn1nccc1CCC(C)N. The summed E-state index contributed by atoms with van der Waals surface area (Å²) in [4.78, 5) is 0. The van der Waals surface area contributed by atoms with Crippen molar-refractivity contribution < 1.29 is 0 Å². The number of aryl methyl sites for hydroxylation is 2. The van der Waals surface area contributed by atoms with E-state index in [9.17, 15) is 0 Å². The lowest BCUT2D eigenvalue weighted by Gasteiger charge is -2.06. The largest absolute Gasteiger partial charge is 0.328 e. The van der Waals surface area contributed by atoms with Gasteiger partial charge in [-0.1, -0.05) is 0 Å². The second-order valence-electron chi connectivity index (χ2n) is 3.15. The maximum atomic E-state index is 5.67. The zero-order valence-corrected chi connectivity index (χ0v) is 7.83. The summed E-state index contributed by atoms with van der Waals surface area (Å²) in [6, 6.07) is 2.34. The molecular formula is C9H17N3. The van der Waals surface area contributed by atoms with E-state index in [-0.39, 0.29) is 6.04 Å². The molecule has 3 heteroatoms. The quantitative estimate of drug-likeness (QED) is 0.732. The number of hydrogen-bond acceptors (Lipinski definition) is 2. The first-order chi connectivity index (χ1) is 5.74. The number of hydrogen-bond donors (Lipinski definition) is 1.